The van der Waals surface area contributed by atoms with Crippen molar-refractivity contribution in [1.29, 1.82) is 5.26 Å². The lowest BCUT2D eigenvalue weighted by molar-refractivity contribution is 0.384. The van der Waals surface area contributed by atoms with E-state index in [0.717, 1.165) is 21.9 Å². The Morgan fingerprint density at radius 1 is 1.04 bits per heavy atom. The third-order valence-corrected chi connectivity index (χ3v) is 4.86. The molecule has 3 aromatic rings. The van der Waals surface area contributed by atoms with Gasteiger partial charge in [-0.2, -0.15) is 5.26 Å². The summed E-state index contributed by atoms with van der Waals surface area (Å²) in [5.41, 5.74) is 8.15. The Bertz CT molecular complexity index is 1110. The molecule has 0 aliphatic carbocycles. The number of ether oxygens (including phenoxy) is 3. The summed E-state index contributed by atoms with van der Waals surface area (Å²) >= 11 is 0. The van der Waals surface area contributed by atoms with Gasteiger partial charge in [0.15, 0.2) is 0 Å². The van der Waals surface area contributed by atoms with Crippen LogP contribution in [-0.4, -0.2) is 14.2 Å². The van der Waals surface area contributed by atoms with E-state index in [2.05, 4.69) is 6.07 Å². The van der Waals surface area contributed by atoms with Gasteiger partial charge in [-0.05, 0) is 35.0 Å². The first-order valence-electron chi connectivity index (χ1n) is 8.49. The molecule has 3 aromatic carbocycles. The van der Waals surface area contributed by atoms with E-state index in [9.17, 15) is 5.26 Å². The lowest BCUT2D eigenvalue weighted by atomic mass is 9.80. The molecule has 5 heteroatoms. The molecule has 0 aromatic heterocycles. The molecule has 0 unspecified atom stereocenters. The molecule has 5 nitrogen and oxygen atoms in total. The maximum absolute atomic E-state index is 9.84. The Balaban J connectivity index is 2.08. The number of allylic oxidation sites excluding steroid dienone is 1. The molecule has 0 spiro atoms. The maximum atomic E-state index is 9.84. The van der Waals surface area contributed by atoms with Gasteiger partial charge in [0, 0.05) is 11.1 Å². The summed E-state index contributed by atoms with van der Waals surface area (Å²) in [5, 5.41) is 11.9. The normalized spacial score (nSPS) is 15.7. The summed E-state index contributed by atoms with van der Waals surface area (Å²) in [6.07, 6.45) is 0. The minimum atomic E-state index is -0.421. The number of nitrogens with two attached hydrogens (primary N) is 1. The van der Waals surface area contributed by atoms with E-state index in [1.165, 1.54) is 0 Å². The molecule has 0 saturated heterocycles. The van der Waals surface area contributed by atoms with Crippen molar-refractivity contribution in [1.82, 2.24) is 0 Å². The van der Waals surface area contributed by atoms with Crippen molar-refractivity contribution in [3.8, 4) is 23.3 Å². The van der Waals surface area contributed by atoms with Gasteiger partial charge in [0.1, 0.15) is 28.9 Å². The minimum Gasteiger partial charge on any atom is -0.497 e. The molecule has 1 aliphatic heterocycles. The average molecular weight is 358 g/mol. The SMILES string of the molecule is COc1ccc(OC)c([C@@H]2C(C#N)=C(N)Oc3ccc4ccccc4c32)c1. The van der Waals surface area contributed by atoms with Crippen molar-refractivity contribution in [3.05, 3.63) is 77.2 Å². The molecular formula is C22H18N2O3. The van der Waals surface area contributed by atoms with E-state index >= 15 is 0 Å². The molecule has 0 saturated carbocycles. The maximum Gasteiger partial charge on any atom is 0.205 e. The van der Waals surface area contributed by atoms with Gasteiger partial charge in [0.05, 0.1) is 20.1 Å². The van der Waals surface area contributed by atoms with Gasteiger partial charge in [0.25, 0.3) is 0 Å². The smallest absolute Gasteiger partial charge is 0.205 e. The highest BCUT2D eigenvalue weighted by molar-refractivity contribution is 5.90. The number of fused-ring (bicyclic) bond motifs is 3. The van der Waals surface area contributed by atoms with Crippen LogP contribution in [0.4, 0.5) is 0 Å². The van der Waals surface area contributed by atoms with E-state index < -0.39 is 5.92 Å². The second-order valence-corrected chi connectivity index (χ2v) is 6.23. The number of rotatable bonds is 3. The van der Waals surface area contributed by atoms with Crippen LogP contribution in [0.2, 0.25) is 0 Å². The summed E-state index contributed by atoms with van der Waals surface area (Å²) in [4.78, 5) is 0. The summed E-state index contributed by atoms with van der Waals surface area (Å²) in [5.74, 6) is 1.65. The van der Waals surface area contributed by atoms with Crippen LogP contribution in [-0.2, 0) is 0 Å². The molecule has 4 rings (SSSR count). The lowest BCUT2D eigenvalue weighted by Crippen LogP contribution is -2.21. The molecule has 1 atom stereocenters. The summed E-state index contributed by atoms with van der Waals surface area (Å²) in [7, 11) is 3.21. The van der Waals surface area contributed by atoms with Crippen LogP contribution in [0.3, 0.4) is 0 Å². The number of methoxy groups -OCH3 is 2. The number of hydrogen-bond donors (Lipinski definition) is 1. The molecule has 2 N–H and O–H groups in total. The zero-order chi connectivity index (χ0) is 19.0. The summed E-state index contributed by atoms with van der Waals surface area (Å²) in [6, 6.07) is 19.6. The fraction of sp³-hybridized carbons (Fsp3) is 0.136. The second-order valence-electron chi connectivity index (χ2n) is 6.23. The monoisotopic (exact) mass is 358 g/mol. The second kappa shape index (κ2) is 6.58. The van der Waals surface area contributed by atoms with Crippen molar-refractivity contribution >= 4 is 10.8 Å². The molecule has 0 amide bonds. The third-order valence-electron chi connectivity index (χ3n) is 4.86. The largest absolute Gasteiger partial charge is 0.497 e. The molecular weight excluding hydrogens is 340 g/mol. The predicted octanol–water partition coefficient (Wildman–Crippen LogP) is 4.08. The molecule has 134 valence electrons. The van der Waals surface area contributed by atoms with Crippen LogP contribution in [0.25, 0.3) is 10.8 Å². The number of nitriles is 1. The number of nitrogens with zero attached hydrogens (tertiary/aromatic N) is 1. The Hall–Kier alpha value is -3.65. The molecule has 0 fully saturated rings. The van der Waals surface area contributed by atoms with E-state index in [4.69, 9.17) is 19.9 Å². The van der Waals surface area contributed by atoms with Gasteiger partial charge < -0.3 is 19.9 Å². The van der Waals surface area contributed by atoms with E-state index in [1.54, 1.807) is 14.2 Å². The van der Waals surface area contributed by atoms with Gasteiger partial charge in [-0.3, -0.25) is 0 Å². The van der Waals surface area contributed by atoms with Crippen LogP contribution in [0, 0.1) is 11.3 Å². The highest BCUT2D eigenvalue weighted by Crippen LogP contribution is 2.48. The van der Waals surface area contributed by atoms with Crippen molar-refractivity contribution in [2.45, 2.75) is 5.92 Å². The molecule has 0 bridgehead atoms. The highest BCUT2D eigenvalue weighted by atomic mass is 16.5. The van der Waals surface area contributed by atoms with Crippen LogP contribution in [0.5, 0.6) is 17.2 Å². The fourth-order valence-corrected chi connectivity index (χ4v) is 3.62. The van der Waals surface area contributed by atoms with Crippen molar-refractivity contribution < 1.29 is 14.2 Å². The van der Waals surface area contributed by atoms with Gasteiger partial charge in [0.2, 0.25) is 5.88 Å². The topological polar surface area (TPSA) is 77.5 Å². The summed E-state index contributed by atoms with van der Waals surface area (Å²) in [6.45, 7) is 0. The van der Waals surface area contributed by atoms with Crippen LogP contribution in [0.15, 0.2) is 66.1 Å². The van der Waals surface area contributed by atoms with Gasteiger partial charge in [-0.15, -0.1) is 0 Å². The van der Waals surface area contributed by atoms with Gasteiger partial charge >= 0.3 is 0 Å². The van der Waals surface area contributed by atoms with Crippen molar-refractivity contribution in [2.24, 2.45) is 5.73 Å². The molecule has 27 heavy (non-hydrogen) atoms. The zero-order valence-electron chi connectivity index (χ0n) is 15.0. The number of hydrogen-bond acceptors (Lipinski definition) is 5. The Morgan fingerprint density at radius 3 is 2.59 bits per heavy atom. The summed E-state index contributed by atoms with van der Waals surface area (Å²) < 4.78 is 16.8. The highest BCUT2D eigenvalue weighted by Gasteiger charge is 2.34. The number of benzene rings is 3. The predicted molar refractivity (Wildman–Crippen MR) is 103 cm³/mol. The van der Waals surface area contributed by atoms with Crippen LogP contribution < -0.4 is 19.9 Å². The fourth-order valence-electron chi connectivity index (χ4n) is 3.62. The standard InChI is InChI=1S/C22H18N2O3/c1-25-14-8-10-18(26-2)16(11-14)20-17(12-23)22(24)27-19-9-7-13-5-3-4-6-15(13)21(19)20/h3-11,20H,24H2,1-2H3/t20-/m1/s1. The molecule has 1 aliphatic rings. The zero-order valence-corrected chi connectivity index (χ0v) is 15.0. The average Bonchev–Trinajstić information content (AvgIpc) is 2.72. The molecule has 0 radical (unpaired) electrons. The first kappa shape index (κ1) is 16.8. The third kappa shape index (κ3) is 2.63. The lowest BCUT2D eigenvalue weighted by Gasteiger charge is -2.29. The first-order valence-corrected chi connectivity index (χ1v) is 8.49. The van der Waals surface area contributed by atoms with Crippen LogP contribution >= 0.6 is 0 Å². The van der Waals surface area contributed by atoms with Gasteiger partial charge in [-0.1, -0.05) is 30.3 Å². The van der Waals surface area contributed by atoms with E-state index in [0.29, 0.717) is 22.8 Å². The van der Waals surface area contributed by atoms with Gasteiger partial charge in [-0.25, -0.2) is 0 Å². The van der Waals surface area contributed by atoms with Crippen molar-refractivity contribution in [3.63, 3.8) is 0 Å². The first-order chi connectivity index (χ1) is 13.2. The quantitative estimate of drug-likeness (QED) is 0.763. The minimum absolute atomic E-state index is 0.107. The Morgan fingerprint density at radius 2 is 1.85 bits per heavy atom. The Kier molecular flexibility index (Phi) is 4.09. The Labute approximate surface area is 157 Å². The van der Waals surface area contributed by atoms with Crippen LogP contribution in [0.1, 0.15) is 17.0 Å². The van der Waals surface area contributed by atoms with E-state index in [1.807, 2.05) is 54.6 Å². The molecule has 1 heterocycles. The van der Waals surface area contributed by atoms with Crippen molar-refractivity contribution in [2.75, 3.05) is 14.2 Å². The van der Waals surface area contributed by atoms with E-state index in [-0.39, 0.29) is 5.88 Å².